The minimum absolute atomic E-state index is 0.226. The summed E-state index contributed by atoms with van der Waals surface area (Å²) in [7, 11) is 0. The van der Waals surface area contributed by atoms with Crippen molar-refractivity contribution in [3.63, 3.8) is 0 Å². The Balaban J connectivity index is 1.66. The van der Waals surface area contributed by atoms with E-state index in [1.54, 1.807) is 0 Å². The SMILES string of the molecule is CCNC(Cc1cccs1)C1CCOC2(CCCCC2)C1. The highest BCUT2D eigenvalue weighted by Gasteiger charge is 2.40. The quantitative estimate of drug-likeness (QED) is 0.870. The molecule has 2 heterocycles. The van der Waals surface area contributed by atoms with Crippen LogP contribution in [0.15, 0.2) is 17.5 Å². The molecule has 1 saturated heterocycles. The van der Waals surface area contributed by atoms with Crippen LogP contribution in [-0.2, 0) is 11.2 Å². The largest absolute Gasteiger partial charge is 0.375 e. The van der Waals surface area contributed by atoms with E-state index in [9.17, 15) is 0 Å². The molecule has 1 aliphatic heterocycles. The van der Waals surface area contributed by atoms with Gasteiger partial charge in [-0.2, -0.15) is 0 Å². The summed E-state index contributed by atoms with van der Waals surface area (Å²) in [6.07, 6.45) is 10.4. The average molecular weight is 308 g/mol. The van der Waals surface area contributed by atoms with E-state index < -0.39 is 0 Å². The molecule has 2 aliphatic rings. The van der Waals surface area contributed by atoms with Gasteiger partial charge in [0.25, 0.3) is 0 Å². The van der Waals surface area contributed by atoms with Crippen LogP contribution in [-0.4, -0.2) is 24.8 Å². The molecule has 1 aromatic heterocycles. The van der Waals surface area contributed by atoms with Crippen LogP contribution in [0.2, 0.25) is 0 Å². The van der Waals surface area contributed by atoms with Crippen LogP contribution in [0.4, 0.5) is 0 Å². The van der Waals surface area contributed by atoms with E-state index in [0.29, 0.717) is 6.04 Å². The van der Waals surface area contributed by atoms with Gasteiger partial charge in [0.2, 0.25) is 0 Å². The van der Waals surface area contributed by atoms with Crippen LogP contribution < -0.4 is 5.32 Å². The molecule has 0 amide bonds. The fraction of sp³-hybridized carbons (Fsp3) is 0.778. The Bertz CT molecular complexity index is 405. The number of likely N-dealkylation sites (N-methyl/N-ethyl adjacent to an activating group) is 1. The number of hydrogen-bond acceptors (Lipinski definition) is 3. The van der Waals surface area contributed by atoms with Gasteiger partial charge >= 0.3 is 0 Å². The first kappa shape index (κ1) is 15.5. The summed E-state index contributed by atoms with van der Waals surface area (Å²) in [6.45, 7) is 4.27. The van der Waals surface area contributed by atoms with Gasteiger partial charge in [0, 0.05) is 17.5 Å². The fourth-order valence-electron chi connectivity index (χ4n) is 4.27. The molecule has 3 rings (SSSR count). The van der Waals surface area contributed by atoms with Crippen molar-refractivity contribution in [1.82, 2.24) is 5.32 Å². The van der Waals surface area contributed by atoms with Gasteiger partial charge in [-0.3, -0.25) is 0 Å². The molecule has 0 bridgehead atoms. The Morgan fingerprint density at radius 3 is 2.95 bits per heavy atom. The first-order chi connectivity index (χ1) is 10.3. The van der Waals surface area contributed by atoms with Crippen molar-refractivity contribution in [3.8, 4) is 0 Å². The molecule has 1 saturated carbocycles. The third kappa shape index (κ3) is 3.88. The Hall–Kier alpha value is -0.380. The Labute approximate surface area is 133 Å². The Morgan fingerprint density at radius 2 is 2.24 bits per heavy atom. The van der Waals surface area contributed by atoms with Crippen molar-refractivity contribution in [2.45, 2.75) is 69.9 Å². The van der Waals surface area contributed by atoms with E-state index in [1.165, 1.54) is 56.2 Å². The molecular formula is C18H29NOS. The topological polar surface area (TPSA) is 21.3 Å². The molecule has 1 aromatic rings. The molecule has 21 heavy (non-hydrogen) atoms. The monoisotopic (exact) mass is 307 g/mol. The second-order valence-corrected chi connectivity index (χ2v) is 7.82. The van der Waals surface area contributed by atoms with Gasteiger partial charge in [0.1, 0.15) is 0 Å². The summed E-state index contributed by atoms with van der Waals surface area (Å²) in [4.78, 5) is 1.52. The molecule has 0 aromatic carbocycles. The molecule has 2 nitrogen and oxygen atoms in total. The van der Waals surface area contributed by atoms with Gasteiger partial charge in [0.05, 0.1) is 5.60 Å². The highest BCUT2D eigenvalue weighted by Crippen LogP contribution is 2.42. The fourth-order valence-corrected chi connectivity index (χ4v) is 5.03. The van der Waals surface area contributed by atoms with Crippen LogP contribution in [0.25, 0.3) is 0 Å². The number of nitrogens with one attached hydrogen (secondary N) is 1. The highest BCUT2D eigenvalue weighted by molar-refractivity contribution is 7.09. The molecule has 2 unspecified atom stereocenters. The van der Waals surface area contributed by atoms with E-state index in [0.717, 1.165) is 19.1 Å². The zero-order valence-corrected chi connectivity index (χ0v) is 14.1. The number of rotatable bonds is 5. The van der Waals surface area contributed by atoms with Crippen molar-refractivity contribution in [2.24, 2.45) is 5.92 Å². The maximum Gasteiger partial charge on any atom is 0.0685 e. The van der Waals surface area contributed by atoms with Crippen LogP contribution in [0.3, 0.4) is 0 Å². The molecule has 1 spiro atoms. The highest BCUT2D eigenvalue weighted by atomic mass is 32.1. The molecule has 2 fully saturated rings. The summed E-state index contributed by atoms with van der Waals surface area (Å²) in [6, 6.07) is 5.08. The van der Waals surface area contributed by atoms with Crippen LogP contribution >= 0.6 is 11.3 Å². The van der Waals surface area contributed by atoms with Gasteiger partial charge < -0.3 is 10.1 Å². The molecule has 1 N–H and O–H groups in total. The lowest BCUT2D eigenvalue weighted by molar-refractivity contribution is -0.121. The lowest BCUT2D eigenvalue weighted by Crippen LogP contribution is -2.48. The number of ether oxygens (including phenoxy) is 1. The maximum atomic E-state index is 6.27. The minimum atomic E-state index is 0.226. The second kappa shape index (κ2) is 7.26. The molecular weight excluding hydrogens is 278 g/mol. The van der Waals surface area contributed by atoms with E-state index in [2.05, 4.69) is 29.8 Å². The lowest BCUT2D eigenvalue weighted by atomic mass is 9.73. The first-order valence-electron chi connectivity index (χ1n) is 8.71. The predicted molar refractivity (Wildman–Crippen MR) is 90.0 cm³/mol. The summed E-state index contributed by atoms with van der Waals surface area (Å²) in [5.41, 5.74) is 0.226. The third-order valence-electron chi connectivity index (χ3n) is 5.33. The van der Waals surface area contributed by atoms with Crippen LogP contribution in [0.1, 0.15) is 56.7 Å². The summed E-state index contributed by atoms with van der Waals surface area (Å²) in [5, 5.41) is 5.96. The third-order valence-corrected chi connectivity index (χ3v) is 6.23. The summed E-state index contributed by atoms with van der Waals surface area (Å²) >= 11 is 1.90. The van der Waals surface area contributed by atoms with E-state index in [-0.39, 0.29) is 5.60 Å². The van der Waals surface area contributed by atoms with Crippen LogP contribution in [0, 0.1) is 5.92 Å². The summed E-state index contributed by atoms with van der Waals surface area (Å²) < 4.78 is 6.27. The lowest BCUT2D eigenvalue weighted by Gasteiger charge is -2.45. The van der Waals surface area contributed by atoms with Crippen molar-refractivity contribution in [1.29, 1.82) is 0 Å². The molecule has 3 heteroatoms. The van der Waals surface area contributed by atoms with Crippen LogP contribution in [0.5, 0.6) is 0 Å². The normalized spacial score (nSPS) is 26.8. The van der Waals surface area contributed by atoms with Gasteiger partial charge in [-0.15, -0.1) is 11.3 Å². The number of hydrogen-bond donors (Lipinski definition) is 1. The molecule has 0 radical (unpaired) electrons. The second-order valence-electron chi connectivity index (χ2n) is 6.79. The van der Waals surface area contributed by atoms with Crippen molar-refractivity contribution >= 4 is 11.3 Å². The first-order valence-corrected chi connectivity index (χ1v) is 9.59. The van der Waals surface area contributed by atoms with Gasteiger partial charge in [-0.25, -0.2) is 0 Å². The van der Waals surface area contributed by atoms with Gasteiger partial charge in [0.15, 0.2) is 0 Å². The molecule has 1 aliphatic carbocycles. The Kier molecular flexibility index (Phi) is 5.36. The van der Waals surface area contributed by atoms with Gasteiger partial charge in [-0.05, 0) is 56.0 Å². The smallest absolute Gasteiger partial charge is 0.0685 e. The Morgan fingerprint density at radius 1 is 1.38 bits per heavy atom. The van der Waals surface area contributed by atoms with Crippen molar-refractivity contribution in [3.05, 3.63) is 22.4 Å². The predicted octanol–water partition coefficient (Wildman–Crippen LogP) is 4.40. The zero-order chi connectivity index (χ0) is 14.5. The number of thiophene rings is 1. The van der Waals surface area contributed by atoms with E-state index >= 15 is 0 Å². The maximum absolute atomic E-state index is 6.27. The van der Waals surface area contributed by atoms with Gasteiger partial charge in [-0.1, -0.05) is 32.3 Å². The van der Waals surface area contributed by atoms with Crippen molar-refractivity contribution in [2.75, 3.05) is 13.2 Å². The van der Waals surface area contributed by atoms with E-state index in [1.807, 2.05) is 11.3 Å². The van der Waals surface area contributed by atoms with E-state index in [4.69, 9.17) is 4.74 Å². The minimum Gasteiger partial charge on any atom is -0.375 e. The standard InChI is InChI=1S/C18H29NOS/c1-2-19-17(13-16-7-6-12-21-16)15-8-11-20-18(14-15)9-4-3-5-10-18/h6-7,12,15,17,19H,2-5,8-11,13-14H2,1H3. The molecule has 118 valence electrons. The molecule has 2 atom stereocenters. The van der Waals surface area contributed by atoms with Crippen molar-refractivity contribution < 1.29 is 4.74 Å². The average Bonchev–Trinajstić information content (AvgIpc) is 3.01. The summed E-state index contributed by atoms with van der Waals surface area (Å²) in [5.74, 6) is 0.777. The zero-order valence-electron chi connectivity index (χ0n) is 13.3.